The molecule has 0 heterocycles. The zero-order chi connectivity index (χ0) is 14.8. The van der Waals surface area contributed by atoms with Crippen LogP contribution in [0.1, 0.15) is 11.1 Å². The van der Waals surface area contributed by atoms with Crippen molar-refractivity contribution in [1.29, 1.82) is 0 Å². The Balaban J connectivity index is 0.00000400. The highest BCUT2D eigenvalue weighted by Gasteiger charge is 2.01. The Labute approximate surface area is 144 Å². The number of nitrogens with zero attached hydrogens (tertiary/aromatic N) is 1. The van der Waals surface area contributed by atoms with E-state index in [9.17, 15) is 0 Å². The summed E-state index contributed by atoms with van der Waals surface area (Å²) >= 11 is 0. The van der Waals surface area contributed by atoms with Crippen molar-refractivity contribution in [2.75, 3.05) is 41.0 Å². The third kappa shape index (κ3) is 7.52. The molecule has 0 saturated carbocycles. The molecule has 0 bridgehead atoms. The first-order valence-corrected chi connectivity index (χ1v) is 6.78. The zero-order valence-corrected chi connectivity index (χ0v) is 15.6. The maximum absolute atomic E-state index is 5.33. The van der Waals surface area contributed by atoms with Gasteiger partial charge in [-0.3, -0.25) is 4.99 Å². The molecule has 1 aromatic carbocycles. The van der Waals surface area contributed by atoms with Crippen LogP contribution in [0.4, 0.5) is 0 Å². The van der Waals surface area contributed by atoms with Crippen molar-refractivity contribution in [3.8, 4) is 5.75 Å². The van der Waals surface area contributed by atoms with Crippen LogP contribution in [0.5, 0.6) is 5.75 Å². The minimum absolute atomic E-state index is 0. The third-order valence-corrected chi connectivity index (χ3v) is 3.00. The molecule has 0 unspecified atom stereocenters. The summed E-state index contributed by atoms with van der Waals surface area (Å²) in [5.41, 5.74) is 2.40. The number of guanidine groups is 1. The predicted octanol–water partition coefficient (Wildman–Crippen LogP) is 1.98. The van der Waals surface area contributed by atoms with Gasteiger partial charge in [-0.05, 0) is 30.5 Å². The standard InChI is InChI=1S/C15H25N3O2.HI/c1-12-5-6-13(11-14(12)20-4)7-8-17-15(16-2)18-9-10-19-3;/h5-6,11H,7-10H2,1-4H3,(H2,16,17,18);1H. The molecular weight excluding hydrogens is 381 g/mol. The van der Waals surface area contributed by atoms with Crippen LogP contribution >= 0.6 is 24.0 Å². The predicted molar refractivity (Wildman–Crippen MR) is 98.1 cm³/mol. The van der Waals surface area contributed by atoms with Gasteiger partial charge in [0.1, 0.15) is 5.75 Å². The monoisotopic (exact) mass is 407 g/mol. The third-order valence-electron chi connectivity index (χ3n) is 3.00. The van der Waals surface area contributed by atoms with Crippen LogP contribution in [0.25, 0.3) is 0 Å². The molecule has 1 rings (SSSR count). The fraction of sp³-hybridized carbons (Fsp3) is 0.533. The number of nitrogens with one attached hydrogen (secondary N) is 2. The summed E-state index contributed by atoms with van der Waals surface area (Å²) < 4.78 is 10.3. The van der Waals surface area contributed by atoms with Gasteiger partial charge in [0.25, 0.3) is 0 Å². The van der Waals surface area contributed by atoms with E-state index in [1.165, 1.54) is 5.56 Å². The van der Waals surface area contributed by atoms with E-state index in [1.807, 2.05) is 6.92 Å². The van der Waals surface area contributed by atoms with Gasteiger partial charge in [0, 0.05) is 27.2 Å². The lowest BCUT2D eigenvalue weighted by molar-refractivity contribution is 0.203. The van der Waals surface area contributed by atoms with Gasteiger partial charge in [0.15, 0.2) is 5.96 Å². The molecule has 2 N–H and O–H groups in total. The molecule has 0 radical (unpaired) electrons. The Morgan fingerprint density at radius 1 is 1.19 bits per heavy atom. The van der Waals surface area contributed by atoms with Gasteiger partial charge in [-0.2, -0.15) is 0 Å². The molecule has 0 aliphatic carbocycles. The van der Waals surface area contributed by atoms with Gasteiger partial charge in [0.05, 0.1) is 13.7 Å². The number of rotatable bonds is 7. The Bertz CT molecular complexity index is 439. The first-order chi connectivity index (χ1) is 9.71. The molecule has 0 aromatic heterocycles. The number of ether oxygens (including phenoxy) is 2. The molecule has 0 atom stereocenters. The van der Waals surface area contributed by atoms with Crippen LogP contribution in [0.15, 0.2) is 23.2 Å². The van der Waals surface area contributed by atoms with E-state index < -0.39 is 0 Å². The van der Waals surface area contributed by atoms with Crippen molar-refractivity contribution < 1.29 is 9.47 Å². The van der Waals surface area contributed by atoms with Crippen LogP contribution in [0.2, 0.25) is 0 Å². The molecule has 120 valence electrons. The van der Waals surface area contributed by atoms with Crippen LogP contribution in [0.3, 0.4) is 0 Å². The summed E-state index contributed by atoms with van der Waals surface area (Å²) in [6.45, 7) is 4.27. The maximum Gasteiger partial charge on any atom is 0.191 e. The number of halogens is 1. The molecular formula is C15H26IN3O2. The lowest BCUT2D eigenvalue weighted by Gasteiger charge is -2.12. The molecule has 6 heteroatoms. The quantitative estimate of drug-likeness (QED) is 0.314. The van der Waals surface area contributed by atoms with E-state index in [0.717, 1.165) is 36.8 Å². The lowest BCUT2D eigenvalue weighted by atomic mass is 10.1. The van der Waals surface area contributed by atoms with Crippen molar-refractivity contribution >= 4 is 29.9 Å². The first-order valence-electron chi connectivity index (χ1n) is 6.78. The van der Waals surface area contributed by atoms with Crippen LogP contribution in [-0.2, 0) is 11.2 Å². The van der Waals surface area contributed by atoms with Crippen molar-refractivity contribution in [1.82, 2.24) is 10.6 Å². The average Bonchev–Trinajstić information content (AvgIpc) is 2.47. The van der Waals surface area contributed by atoms with Crippen molar-refractivity contribution in [3.63, 3.8) is 0 Å². The number of methoxy groups -OCH3 is 2. The van der Waals surface area contributed by atoms with Crippen LogP contribution < -0.4 is 15.4 Å². The van der Waals surface area contributed by atoms with Crippen LogP contribution in [0, 0.1) is 6.92 Å². The minimum Gasteiger partial charge on any atom is -0.496 e. The largest absolute Gasteiger partial charge is 0.496 e. The van der Waals surface area contributed by atoms with Gasteiger partial charge < -0.3 is 20.1 Å². The highest BCUT2D eigenvalue weighted by Crippen LogP contribution is 2.18. The van der Waals surface area contributed by atoms with Crippen molar-refractivity contribution in [2.24, 2.45) is 4.99 Å². The number of aliphatic imine (C=N–C) groups is 1. The summed E-state index contributed by atoms with van der Waals surface area (Å²) in [7, 11) is 5.14. The van der Waals surface area contributed by atoms with E-state index in [2.05, 4.69) is 33.8 Å². The molecule has 0 amide bonds. The molecule has 21 heavy (non-hydrogen) atoms. The number of benzene rings is 1. The Morgan fingerprint density at radius 3 is 2.52 bits per heavy atom. The van der Waals surface area contributed by atoms with E-state index in [1.54, 1.807) is 21.3 Å². The SMILES string of the molecule is CN=C(NCCOC)NCCc1ccc(C)c(OC)c1.I. The average molecular weight is 407 g/mol. The highest BCUT2D eigenvalue weighted by atomic mass is 127. The maximum atomic E-state index is 5.33. The lowest BCUT2D eigenvalue weighted by Crippen LogP contribution is -2.39. The Hall–Kier alpha value is -1.02. The summed E-state index contributed by atoms with van der Waals surface area (Å²) in [6.07, 6.45) is 0.918. The molecule has 5 nitrogen and oxygen atoms in total. The highest BCUT2D eigenvalue weighted by molar-refractivity contribution is 14.0. The zero-order valence-electron chi connectivity index (χ0n) is 13.2. The summed E-state index contributed by atoms with van der Waals surface area (Å²) in [5.74, 6) is 1.73. The molecule has 0 spiro atoms. The Kier molecular flexibility index (Phi) is 11.1. The van der Waals surface area contributed by atoms with Gasteiger partial charge in [-0.1, -0.05) is 12.1 Å². The fourth-order valence-electron chi connectivity index (χ4n) is 1.84. The van der Waals surface area contributed by atoms with E-state index >= 15 is 0 Å². The number of aryl methyl sites for hydroxylation is 1. The first kappa shape index (κ1) is 20.0. The number of hydrogen-bond donors (Lipinski definition) is 2. The fourth-order valence-corrected chi connectivity index (χ4v) is 1.84. The second-order valence-electron chi connectivity index (χ2n) is 4.47. The minimum atomic E-state index is 0. The normalized spacial score (nSPS) is 10.8. The van der Waals surface area contributed by atoms with Gasteiger partial charge >= 0.3 is 0 Å². The van der Waals surface area contributed by atoms with Crippen LogP contribution in [-0.4, -0.2) is 46.9 Å². The van der Waals surface area contributed by atoms with Crippen molar-refractivity contribution in [3.05, 3.63) is 29.3 Å². The molecule has 0 aliphatic heterocycles. The van der Waals surface area contributed by atoms with Gasteiger partial charge in [-0.25, -0.2) is 0 Å². The summed E-state index contributed by atoms with van der Waals surface area (Å²) in [5, 5.41) is 6.45. The summed E-state index contributed by atoms with van der Waals surface area (Å²) in [4.78, 5) is 4.15. The molecule has 0 aliphatic rings. The number of hydrogen-bond acceptors (Lipinski definition) is 3. The van der Waals surface area contributed by atoms with E-state index in [-0.39, 0.29) is 24.0 Å². The van der Waals surface area contributed by atoms with E-state index in [4.69, 9.17) is 9.47 Å². The van der Waals surface area contributed by atoms with Crippen molar-refractivity contribution in [2.45, 2.75) is 13.3 Å². The van der Waals surface area contributed by atoms with Gasteiger partial charge in [-0.15, -0.1) is 24.0 Å². The van der Waals surface area contributed by atoms with E-state index in [0.29, 0.717) is 6.61 Å². The second kappa shape index (κ2) is 11.6. The smallest absolute Gasteiger partial charge is 0.191 e. The molecule has 0 saturated heterocycles. The second-order valence-corrected chi connectivity index (χ2v) is 4.47. The van der Waals surface area contributed by atoms with Gasteiger partial charge in [0.2, 0.25) is 0 Å². The topological polar surface area (TPSA) is 54.9 Å². The molecule has 1 aromatic rings. The Morgan fingerprint density at radius 2 is 1.90 bits per heavy atom. The molecule has 0 fully saturated rings. The summed E-state index contributed by atoms with van der Waals surface area (Å²) in [6, 6.07) is 6.29.